The van der Waals surface area contributed by atoms with Crippen molar-refractivity contribution in [2.24, 2.45) is 0 Å². The van der Waals surface area contributed by atoms with Crippen LogP contribution in [0.5, 0.6) is 0 Å². The average molecular weight is 333 g/mol. The van der Waals surface area contributed by atoms with Gasteiger partial charge in [0.1, 0.15) is 0 Å². The zero-order valence-electron chi connectivity index (χ0n) is 14.1. The van der Waals surface area contributed by atoms with Crippen LogP contribution in [0, 0.1) is 0 Å². The first kappa shape index (κ1) is 15.6. The van der Waals surface area contributed by atoms with Crippen LogP contribution in [0.1, 0.15) is 30.9 Å². The number of amides is 1. The summed E-state index contributed by atoms with van der Waals surface area (Å²) in [4.78, 5) is 27.1. The molecule has 0 N–H and O–H groups in total. The van der Waals surface area contributed by atoms with Gasteiger partial charge in [0.25, 0.3) is 0 Å². The Balaban J connectivity index is 2.02. The van der Waals surface area contributed by atoms with Gasteiger partial charge in [-0.05, 0) is 25.0 Å². The minimum atomic E-state index is -0.333. The Kier molecular flexibility index (Phi) is 3.88. The molecule has 0 saturated carbocycles. The maximum absolute atomic E-state index is 12.8. The molecule has 2 heterocycles. The Morgan fingerprint density at radius 2 is 1.84 bits per heavy atom. The lowest BCUT2D eigenvalue weighted by Gasteiger charge is -2.35. The van der Waals surface area contributed by atoms with E-state index in [1.807, 2.05) is 54.6 Å². The molecule has 126 valence electrons. The lowest BCUT2D eigenvalue weighted by molar-refractivity contribution is -0.138. The van der Waals surface area contributed by atoms with Crippen LogP contribution in [-0.2, 0) is 14.3 Å². The van der Waals surface area contributed by atoms with Crippen LogP contribution in [0.4, 0.5) is 5.69 Å². The normalized spacial score (nSPS) is 18.8. The molecule has 0 bridgehead atoms. The largest absolute Gasteiger partial charge is 0.463 e. The summed E-state index contributed by atoms with van der Waals surface area (Å²) in [6, 6.07) is 17.4. The Labute approximate surface area is 146 Å². The fraction of sp³-hybridized carbons (Fsp3) is 0.238. The molecule has 0 aliphatic carbocycles. The maximum atomic E-state index is 12.8. The SMILES string of the molecule is CCOC(=O)C1=C(c2ccccc2)c2ccccc2N2C(=O)CCC12. The van der Waals surface area contributed by atoms with Crippen molar-refractivity contribution in [1.29, 1.82) is 0 Å². The van der Waals surface area contributed by atoms with Crippen molar-refractivity contribution in [3.05, 3.63) is 71.3 Å². The number of para-hydroxylation sites is 1. The summed E-state index contributed by atoms with van der Waals surface area (Å²) in [6.07, 6.45) is 1.08. The topological polar surface area (TPSA) is 46.6 Å². The number of anilines is 1. The molecule has 2 aromatic carbocycles. The summed E-state index contributed by atoms with van der Waals surface area (Å²) in [5.74, 6) is -0.271. The van der Waals surface area contributed by atoms with Crippen LogP contribution < -0.4 is 4.90 Å². The second kappa shape index (κ2) is 6.20. The van der Waals surface area contributed by atoms with Gasteiger partial charge in [-0.1, -0.05) is 48.5 Å². The molecule has 1 amide bonds. The second-order valence-corrected chi connectivity index (χ2v) is 6.21. The molecule has 1 unspecified atom stereocenters. The van der Waals surface area contributed by atoms with Gasteiger partial charge in [0.2, 0.25) is 5.91 Å². The summed E-state index contributed by atoms with van der Waals surface area (Å²) in [5, 5.41) is 0. The standard InChI is InChI=1S/C21H19NO3/c1-2-25-21(24)20-17-12-13-18(23)22(17)16-11-7-6-10-15(16)19(20)14-8-4-3-5-9-14/h3-11,17H,2,12-13H2,1H3. The number of hydrogen-bond donors (Lipinski definition) is 0. The van der Waals surface area contributed by atoms with Gasteiger partial charge in [0, 0.05) is 17.6 Å². The third kappa shape index (κ3) is 2.45. The summed E-state index contributed by atoms with van der Waals surface area (Å²) in [7, 11) is 0. The van der Waals surface area contributed by atoms with Crippen LogP contribution in [0.25, 0.3) is 5.57 Å². The van der Waals surface area contributed by atoms with E-state index in [9.17, 15) is 9.59 Å². The second-order valence-electron chi connectivity index (χ2n) is 6.21. The Hall–Kier alpha value is -2.88. The third-order valence-electron chi connectivity index (χ3n) is 4.81. The van der Waals surface area contributed by atoms with Crippen molar-refractivity contribution >= 4 is 23.1 Å². The first-order chi connectivity index (χ1) is 12.2. The summed E-state index contributed by atoms with van der Waals surface area (Å²) >= 11 is 0. The minimum absolute atomic E-state index is 0.0614. The van der Waals surface area contributed by atoms with Crippen molar-refractivity contribution in [3.63, 3.8) is 0 Å². The van der Waals surface area contributed by atoms with E-state index in [1.165, 1.54) is 0 Å². The lowest BCUT2D eigenvalue weighted by Crippen LogP contribution is -2.40. The summed E-state index contributed by atoms with van der Waals surface area (Å²) in [6.45, 7) is 2.11. The van der Waals surface area contributed by atoms with Gasteiger partial charge in [-0.15, -0.1) is 0 Å². The van der Waals surface area contributed by atoms with Gasteiger partial charge < -0.3 is 9.64 Å². The molecule has 4 rings (SSSR count). The van der Waals surface area contributed by atoms with Gasteiger partial charge in [0.15, 0.2) is 0 Å². The molecular weight excluding hydrogens is 314 g/mol. The van der Waals surface area contributed by atoms with Gasteiger partial charge in [-0.3, -0.25) is 4.79 Å². The summed E-state index contributed by atoms with van der Waals surface area (Å²) in [5.41, 5.74) is 4.23. The van der Waals surface area contributed by atoms with E-state index in [-0.39, 0.29) is 17.9 Å². The molecule has 0 radical (unpaired) electrons. The van der Waals surface area contributed by atoms with Crippen LogP contribution in [0.15, 0.2) is 60.2 Å². The number of carbonyl (C=O) groups is 2. The quantitative estimate of drug-likeness (QED) is 0.807. The van der Waals surface area contributed by atoms with Crippen LogP contribution in [-0.4, -0.2) is 24.5 Å². The van der Waals surface area contributed by atoms with Gasteiger partial charge in [0.05, 0.1) is 23.9 Å². The highest BCUT2D eigenvalue weighted by Gasteiger charge is 2.43. The monoisotopic (exact) mass is 333 g/mol. The van der Waals surface area contributed by atoms with E-state index in [4.69, 9.17) is 4.74 Å². The fourth-order valence-corrected chi connectivity index (χ4v) is 3.83. The molecule has 1 fully saturated rings. The predicted molar refractivity (Wildman–Crippen MR) is 96.0 cm³/mol. The highest BCUT2D eigenvalue weighted by atomic mass is 16.5. The number of ether oxygens (including phenoxy) is 1. The van der Waals surface area contributed by atoms with E-state index in [1.54, 1.807) is 11.8 Å². The van der Waals surface area contributed by atoms with E-state index in [0.29, 0.717) is 25.0 Å². The number of hydrogen-bond acceptors (Lipinski definition) is 3. The molecule has 0 aromatic heterocycles. The summed E-state index contributed by atoms with van der Waals surface area (Å²) < 4.78 is 5.36. The van der Waals surface area contributed by atoms with Crippen LogP contribution in [0.2, 0.25) is 0 Å². The van der Waals surface area contributed by atoms with E-state index >= 15 is 0 Å². The smallest absolute Gasteiger partial charge is 0.336 e. The van der Waals surface area contributed by atoms with Gasteiger partial charge in [-0.2, -0.15) is 0 Å². The van der Waals surface area contributed by atoms with Gasteiger partial charge >= 0.3 is 5.97 Å². The first-order valence-electron chi connectivity index (χ1n) is 8.60. The maximum Gasteiger partial charge on any atom is 0.336 e. The average Bonchev–Trinajstić information content (AvgIpc) is 3.03. The van der Waals surface area contributed by atoms with Crippen molar-refractivity contribution < 1.29 is 14.3 Å². The Bertz CT molecular complexity index is 870. The minimum Gasteiger partial charge on any atom is -0.463 e. The van der Waals surface area contributed by atoms with Crippen molar-refractivity contribution in [2.75, 3.05) is 11.5 Å². The fourth-order valence-electron chi connectivity index (χ4n) is 3.83. The number of benzene rings is 2. The molecule has 0 spiro atoms. The molecular formula is C21H19NO3. The first-order valence-corrected chi connectivity index (χ1v) is 8.60. The molecule has 4 nitrogen and oxygen atoms in total. The number of fused-ring (bicyclic) bond motifs is 3. The molecule has 1 atom stereocenters. The van der Waals surface area contributed by atoms with Crippen LogP contribution in [0.3, 0.4) is 0 Å². The highest BCUT2D eigenvalue weighted by molar-refractivity contribution is 6.12. The molecule has 2 aliphatic rings. The molecule has 25 heavy (non-hydrogen) atoms. The van der Waals surface area contributed by atoms with Crippen molar-refractivity contribution in [3.8, 4) is 0 Å². The van der Waals surface area contributed by atoms with Crippen molar-refractivity contribution in [2.45, 2.75) is 25.8 Å². The molecule has 1 saturated heterocycles. The Morgan fingerprint density at radius 1 is 1.12 bits per heavy atom. The Morgan fingerprint density at radius 3 is 2.60 bits per heavy atom. The highest BCUT2D eigenvalue weighted by Crippen LogP contribution is 2.45. The number of nitrogens with zero attached hydrogens (tertiary/aromatic N) is 1. The molecule has 4 heteroatoms. The van der Waals surface area contributed by atoms with Crippen molar-refractivity contribution in [1.82, 2.24) is 0 Å². The third-order valence-corrected chi connectivity index (χ3v) is 4.81. The predicted octanol–water partition coefficient (Wildman–Crippen LogP) is 3.56. The zero-order valence-corrected chi connectivity index (χ0v) is 14.1. The van der Waals surface area contributed by atoms with E-state index in [2.05, 4.69) is 0 Å². The molecule has 2 aliphatic heterocycles. The van der Waals surface area contributed by atoms with E-state index < -0.39 is 0 Å². The van der Waals surface area contributed by atoms with Crippen LogP contribution >= 0.6 is 0 Å². The zero-order chi connectivity index (χ0) is 17.4. The number of esters is 1. The number of rotatable bonds is 3. The van der Waals surface area contributed by atoms with E-state index in [0.717, 1.165) is 22.4 Å². The molecule has 2 aromatic rings. The van der Waals surface area contributed by atoms with Gasteiger partial charge in [-0.25, -0.2) is 4.79 Å². The number of carbonyl (C=O) groups excluding carboxylic acids is 2. The lowest BCUT2D eigenvalue weighted by atomic mass is 9.84.